The van der Waals surface area contributed by atoms with Gasteiger partial charge in [0.05, 0.1) is 16.6 Å². The predicted octanol–water partition coefficient (Wildman–Crippen LogP) is 3.72. The average Bonchev–Trinajstić information content (AvgIpc) is 2.76. The molecular weight excluding hydrogens is 273 g/mol. The van der Waals surface area contributed by atoms with E-state index in [-0.39, 0.29) is 16.6 Å². The van der Waals surface area contributed by atoms with E-state index in [4.69, 9.17) is 5.11 Å². The van der Waals surface area contributed by atoms with Crippen molar-refractivity contribution in [2.45, 2.75) is 32.5 Å². The van der Waals surface area contributed by atoms with Crippen molar-refractivity contribution < 1.29 is 23.1 Å². The molecule has 0 aliphatic rings. The zero-order valence-electron chi connectivity index (χ0n) is 10.9. The van der Waals surface area contributed by atoms with E-state index in [1.165, 1.54) is 18.2 Å². The van der Waals surface area contributed by atoms with Crippen molar-refractivity contribution in [2.75, 3.05) is 0 Å². The van der Waals surface area contributed by atoms with Crippen molar-refractivity contribution in [3.63, 3.8) is 0 Å². The largest absolute Gasteiger partial charge is 0.478 e. The molecule has 4 nitrogen and oxygen atoms in total. The van der Waals surface area contributed by atoms with Crippen LogP contribution in [0.5, 0.6) is 0 Å². The lowest BCUT2D eigenvalue weighted by Gasteiger charge is -2.17. The molecule has 1 unspecified atom stereocenters. The van der Waals surface area contributed by atoms with E-state index >= 15 is 0 Å². The van der Waals surface area contributed by atoms with E-state index in [1.807, 2.05) is 0 Å². The predicted molar refractivity (Wildman–Crippen MR) is 66.7 cm³/mol. The van der Waals surface area contributed by atoms with Gasteiger partial charge in [0.25, 0.3) is 0 Å². The molecule has 0 bridgehead atoms. The van der Waals surface area contributed by atoms with E-state index in [1.54, 1.807) is 13.8 Å². The minimum atomic E-state index is -4.63. The maximum atomic E-state index is 13.1. The molecule has 2 rings (SSSR count). The highest BCUT2D eigenvalue weighted by molar-refractivity contribution is 6.01. The number of rotatable bonds is 3. The van der Waals surface area contributed by atoms with Crippen LogP contribution in [-0.2, 0) is 6.18 Å². The maximum absolute atomic E-state index is 13.1. The highest BCUT2D eigenvalue weighted by Crippen LogP contribution is 2.35. The van der Waals surface area contributed by atoms with Crippen LogP contribution in [0.4, 0.5) is 13.2 Å². The van der Waals surface area contributed by atoms with Crippen molar-refractivity contribution in [3.8, 4) is 0 Å². The zero-order chi connectivity index (χ0) is 15.1. The standard InChI is InChI=1S/C13H13F3N2O2/c1-3-7(2)18-10-8(11(19)20)5-4-6-9(10)17-12(18)13(14,15)16/h4-7H,3H2,1-2H3,(H,19,20). The number of nitrogens with zero attached hydrogens (tertiary/aromatic N) is 2. The summed E-state index contributed by atoms with van der Waals surface area (Å²) in [6.45, 7) is 3.34. The highest BCUT2D eigenvalue weighted by atomic mass is 19.4. The Hall–Kier alpha value is -2.05. The number of para-hydroxylation sites is 1. The SMILES string of the molecule is CCC(C)n1c(C(F)(F)F)nc2cccc(C(=O)O)c21. The highest BCUT2D eigenvalue weighted by Gasteiger charge is 2.39. The summed E-state index contributed by atoms with van der Waals surface area (Å²) in [7, 11) is 0. The van der Waals surface area contributed by atoms with Gasteiger partial charge in [-0.15, -0.1) is 0 Å². The fourth-order valence-corrected chi connectivity index (χ4v) is 2.13. The first kappa shape index (κ1) is 14.4. The van der Waals surface area contributed by atoms with Crippen LogP contribution in [0.2, 0.25) is 0 Å². The molecule has 1 aromatic carbocycles. The van der Waals surface area contributed by atoms with Crippen LogP contribution in [0.15, 0.2) is 18.2 Å². The Kier molecular flexibility index (Phi) is 3.45. The summed E-state index contributed by atoms with van der Waals surface area (Å²) >= 11 is 0. The third kappa shape index (κ3) is 2.23. The summed E-state index contributed by atoms with van der Waals surface area (Å²) < 4.78 is 40.2. The van der Waals surface area contributed by atoms with E-state index in [9.17, 15) is 18.0 Å². The van der Waals surface area contributed by atoms with Gasteiger partial charge >= 0.3 is 12.1 Å². The van der Waals surface area contributed by atoms with Gasteiger partial charge in [0.1, 0.15) is 0 Å². The van der Waals surface area contributed by atoms with Gasteiger partial charge in [-0.2, -0.15) is 13.2 Å². The summed E-state index contributed by atoms with van der Waals surface area (Å²) in [4.78, 5) is 14.8. The Morgan fingerprint density at radius 2 is 2.10 bits per heavy atom. The van der Waals surface area contributed by atoms with E-state index < -0.39 is 24.0 Å². The Labute approximate surface area is 112 Å². The average molecular weight is 286 g/mol. The molecule has 1 heterocycles. The molecule has 1 N–H and O–H groups in total. The molecule has 0 radical (unpaired) electrons. The van der Waals surface area contributed by atoms with Gasteiger partial charge in [0.2, 0.25) is 5.82 Å². The molecule has 0 aliphatic carbocycles. The Bertz CT molecular complexity index is 661. The molecule has 2 aromatic rings. The molecule has 1 aromatic heterocycles. The Morgan fingerprint density at radius 1 is 1.45 bits per heavy atom. The second-order valence-corrected chi connectivity index (χ2v) is 4.54. The zero-order valence-corrected chi connectivity index (χ0v) is 10.9. The van der Waals surface area contributed by atoms with Gasteiger partial charge in [0.15, 0.2) is 0 Å². The number of benzene rings is 1. The summed E-state index contributed by atoms with van der Waals surface area (Å²) in [6, 6.07) is 3.55. The van der Waals surface area contributed by atoms with Gasteiger partial charge in [-0.3, -0.25) is 0 Å². The third-order valence-electron chi connectivity index (χ3n) is 3.23. The smallest absolute Gasteiger partial charge is 0.449 e. The fraction of sp³-hybridized carbons (Fsp3) is 0.385. The topological polar surface area (TPSA) is 55.1 Å². The van der Waals surface area contributed by atoms with Crippen LogP contribution < -0.4 is 0 Å². The summed E-state index contributed by atoms with van der Waals surface area (Å²) in [5.41, 5.74) is -0.120. The number of aromatic carboxylic acids is 1. The van der Waals surface area contributed by atoms with Crippen molar-refractivity contribution in [1.82, 2.24) is 9.55 Å². The number of hydrogen-bond donors (Lipinski definition) is 1. The molecular formula is C13H13F3N2O2. The van der Waals surface area contributed by atoms with Gasteiger partial charge < -0.3 is 9.67 Å². The van der Waals surface area contributed by atoms with Crippen LogP contribution in [0, 0.1) is 0 Å². The monoisotopic (exact) mass is 286 g/mol. The first-order chi connectivity index (χ1) is 9.27. The number of alkyl halides is 3. The van der Waals surface area contributed by atoms with Gasteiger partial charge in [0, 0.05) is 6.04 Å². The van der Waals surface area contributed by atoms with Crippen molar-refractivity contribution in [1.29, 1.82) is 0 Å². The summed E-state index contributed by atoms with van der Waals surface area (Å²) in [5, 5.41) is 9.15. The molecule has 0 saturated carbocycles. The molecule has 20 heavy (non-hydrogen) atoms. The first-order valence-corrected chi connectivity index (χ1v) is 6.08. The van der Waals surface area contributed by atoms with Gasteiger partial charge in [-0.05, 0) is 25.5 Å². The van der Waals surface area contributed by atoms with E-state index in [0.29, 0.717) is 6.42 Å². The molecule has 0 fully saturated rings. The summed E-state index contributed by atoms with van der Waals surface area (Å²) in [5.74, 6) is -2.33. The summed E-state index contributed by atoms with van der Waals surface area (Å²) in [6.07, 6.45) is -4.19. The number of carboxylic acid groups (broad SMARTS) is 1. The van der Waals surface area contributed by atoms with Crippen molar-refractivity contribution in [2.24, 2.45) is 0 Å². The minimum absolute atomic E-state index is 0.0154. The third-order valence-corrected chi connectivity index (χ3v) is 3.23. The second-order valence-electron chi connectivity index (χ2n) is 4.54. The lowest BCUT2D eigenvalue weighted by Crippen LogP contribution is -2.18. The number of imidazole rings is 1. The first-order valence-electron chi connectivity index (χ1n) is 6.08. The van der Waals surface area contributed by atoms with Crippen LogP contribution in [0.3, 0.4) is 0 Å². The van der Waals surface area contributed by atoms with Crippen molar-refractivity contribution >= 4 is 17.0 Å². The number of aromatic nitrogens is 2. The lowest BCUT2D eigenvalue weighted by atomic mass is 10.1. The minimum Gasteiger partial charge on any atom is -0.478 e. The van der Waals surface area contributed by atoms with E-state index in [0.717, 1.165) is 4.57 Å². The molecule has 0 aliphatic heterocycles. The second kappa shape index (κ2) is 4.81. The van der Waals surface area contributed by atoms with Crippen LogP contribution >= 0.6 is 0 Å². The molecule has 7 heteroatoms. The molecule has 108 valence electrons. The van der Waals surface area contributed by atoms with Crippen LogP contribution in [0.1, 0.15) is 42.5 Å². The van der Waals surface area contributed by atoms with Gasteiger partial charge in [-0.1, -0.05) is 13.0 Å². The molecule has 1 atom stereocenters. The van der Waals surface area contributed by atoms with Crippen LogP contribution in [-0.4, -0.2) is 20.6 Å². The number of carbonyl (C=O) groups is 1. The molecule has 0 amide bonds. The number of hydrogen-bond acceptors (Lipinski definition) is 2. The number of carboxylic acids is 1. The maximum Gasteiger partial charge on any atom is 0.449 e. The van der Waals surface area contributed by atoms with Crippen molar-refractivity contribution in [3.05, 3.63) is 29.6 Å². The molecule has 0 saturated heterocycles. The number of fused-ring (bicyclic) bond motifs is 1. The Morgan fingerprint density at radius 3 is 2.60 bits per heavy atom. The quantitative estimate of drug-likeness (QED) is 0.935. The lowest BCUT2D eigenvalue weighted by molar-refractivity contribution is -0.147. The normalized spacial score (nSPS) is 13.7. The number of halogens is 3. The van der Waals surface area contributed by atoms with Gasteiger partial charge in [-0.25, -0.2) is 9.78 Å². The molecule has 0 spiro atoms. The van der Waals surface area contributed by atoms with E-state index in [2.05, 4.69) is 4.98 Å². The Balaban J connectivity index is 2.90. The van der Waals surface area contributed by atoms with Crippen LogP contribution in [0.25, 0.3) is 11.0 Å². The fourth-order valence-electron chi connectivity index (χ4n) is 2.13.